The highest BCUT2D eigenvalue weighted by Gasteiger charge is 2.08. The topological polar surface area (TPSA) is 91.2 Å². The standard InChI is InChI=1S/C11H13N3O3/c1-7-9(4-13-14-7)3-12-5-10-2-8(6-17-10)11(15)16/h2,4,6,12H,3,5H2,1H3,(H,13,14)(H,15,16). The number of carbonyl (C=O) groups is 1. The maximum Gasteiger partial charge on any atom is 0.338 e. The number of aromatic carboxylic acids is 1. The number of aromatic amines is 1. The van der Waals surface area contributed by atoms with Crippen molar-refractivity contribution >= 4 is 5.97 Å². The van der Waals surface area contributed by atoms with Gasteiger partial charge in [0.15, 0.2) is 0 Å². The molecule has 3 N–H and O–H groups in total. The van der Waals surface area contributed by atoms with Gasteiger partial charge in [-0.15, -0.1) is 0 Å². The van der Waals surface area contributed by atoms with Crippen molar-refractivity contribution in [2.45, 2.75) is 20.0 Å². The lowest BCUT2D eigenvalue weighted by Gasteiger charge is -2.00. The monoisotopic (exact) mass is 235 g/mol. The van der Waals surface area contributed by atoms with E-state index in [9.17, 15) is 4.79 Å². The molecule has 0 spiro atoms. The van der Waals surface area contributed by atoms with Crippen LogP contribution in [0.1, 0.15) is 27.4 Å². The summed E-state index contributed by atoms with van der Waals surface area (Å²) < 4.78 is 5.11. The highest BCUT2D eigenvalue weighted by atomic mass is 16.4. The van der Waals surface area contributed by atoms with Gasteiger partial charge in [-0.3, -0.25) is 5.10 Å². The van der Waals surface area contributed by atoms with Crippen LogP contribution >= 0.6 is 0 Å². The van der Waals surface area contributed by atoms with E-state index in [-0.39, 0.29) is 5.56 Å². The molecular formula is C11H13N3O3. The zero-order valence-corrected chi connectivity index (χ0v) is 9.36. The van der Waals surface area contributed by atoms with Crippen LogP contribution in [-0.2, 0) is 13.1 Å². The molecule has 0 fully saturated rings. The molecule has 0 bridgehead atoms. The van der Waals surface area contributed by atoms with E-state index in [0.29, 0.717) is 18.8 Å². The molecule has 6 heteroatoms. The van der Waals surface area contributed by atoms with Crippen molar-refractivity contribution in [2.75, 3.05) is 0 Å². The van der Waals surface area contributed by atoms with Gasteiger partial charge in [0.05, 0.1) is 18.3 Å². The molecule has 0 unspecified atom stereocenters. The summed E-state index contributed by atoms with van der Waals surface area (Å²) in [5.41, 5.74) is 2.26. The third-order valence-electron chi connectivity index (χ3n) is 2.45. The molecule has 0 saturated heterocycles. The average molecular weight is 235 g/mol. The molecule has 90 valence electrons. The van der Waals surface area contributed by atoms with Gasteiger partial charge in [0.1, 0.15) is 12.0 Å². The maximum atomic E-state index is 10.6. The Hall–Kier alpha value is -2.08. The van der Waals surface area contributed by atoms with E-state index in [1.807, 2.05) is 6.92 Å². The molecule has 0 saturated carbocycles. The van der Waals surface area contributed by atoms with Gasteiger partial charge in [-0.05, 0) is 13.0 Å². The predicted octanol–water partition coefficient (Wildman–Crippen LogP) is 1.30. The van der Waals surface area contributed by atoms with Crippen molar-refractivity contribution < 1.29 is 14.3 Å². The summed E-state index contributed by atoms with van der Waals surface area (Å²) in [6.07, 6.45) is 3.00. The molecule has 0 aliphatic carbocycles. The van der Waals surface area contributed by atoms with Gasteiger partial charge in [-0.2, -0.15) is 5.10 Å². The van der Waals surface area contributed by atoms with Crippen molar-refractivity contribution in [3.8, 4) is 0 Å². The minimum Gasteiger partial charge on any atom is -0.478 e. The second-order valence-corrected chi connectivity index (χ2v) is 3.73. The molecule has 0 amide bonds. The van der Waals surface area contributed by atoms with E-state index in [1.54, 1.807) is 6.20 Å². The van der Waals surface area contributed by atoms with Crippen LogP contribution in [-0.4, -0.2) is 21.3 Å². The molecule has 2 aromatic heterocycles. The number of furan rings is 1. The minimum atomic E-state index is -0.981. The summed E-state index contributed by atoms with van der Waals surface area (Å²) in [6.45, 7) is 3.09. The second kappa shape index (κ2) is 4.84. The average Bonchev–Trinajstić information content (AvgIpc) is 2.89. The molecule has 2 rings (SSSR count). The fourth-order valence-electron chi connectivity index (χ4n) is 1.46. The van der Waals surface area contributed by atoms with Crippen molar-refractivity contribution in [3.05, 3.63) is 41.1 Å². The molecule has 0 radical (unpaired) electrons. The lowest BCUT2D eigenvalue weighted by molar-refractivity contribution is 0.0696. The van der Waals surface area contributed by atoms with Crippen LogP contribution in [0.3, 0.4) is 0 Å². The van der Waals surface area contributed by atoms with Crippen molar-refractivity contribution in [3.63, 3.8) is 0 Å². The highest BCUT2D eigenvalue weighted by molar-refractivity contribution is 5.87. The normalized spacial score (nSPS) is 10.6. The van der Waals surface area contributed by atoms with Crippen LogP contribution in [0.4, 0.5) is 0 Å². The van der Waals surface area contributed by atoms with Crippen molar-refractivity contribution in [1.82, 2.24) is 15.5 Å². The summed E-state index contributed by atoms with van der Waals surface area (Å²) in [6, 6.07) is 1.51. The van der Waals surface area contributed by atoms with Crippen LogP contribution in [0, 0.1) is 6.92 Å². The number of rotatable bonds is 5. The van der Waals surface area contributed by atoms with Gasteiger partial charge >= 0.3 is 5.97 Å². The number of hydrogen-bond acceptors (Lipinski definition) is 4. The number of nitrogens with zero attached hydrogens (tertiary/aromatic N) is 1. The van der Waals surface area contributed by atoms with E-state index in [1.165, 1.54) is 12.3 Å². The summed E-state index contributed by atoms with van der Waals surface area (Å²) >= 11 is 0. The SMILES string of the molecule is Cc1[nH]ncc1CNCc1cc(C(=O)O)co1. The summed E-state index contributed by atoms with van der Waals surface area (Å²) in [4.78, 5) is 10.6. The highest BCUT2D eigenvalue weighted by Crippen LogP contribution is 2.08. The Morgan fingerprint density at radius 1 is 1.59 bits per heavy atom. The van der Waals surface area contributed by atoms with Gasteiger partial charge in [-0.25, -0.2) is 4.79 Å². The molecular weight excluding hydrogens is 222 g/mol. The van der Waals surface area contributed by atoms with Crippen molar-refractivity contribution in [2.24, 2.45) is 0 Å². The van der Waals surface area contributed by atoms with Crippen LogP contribution in [0.25, 0.3) is 0 Å². The summed E-state index contributed by atoms with van der Waals surface area (Å²) in [5.74, 6) is -0.380. The Balaban J connectivity index is 1.86. The minimum absolute atomic E-state index is 0.168. The zero-order chi connectivity index (χ0) is 12.3. The lowest BCUT2D eigenvalue weighted by atomic mass is 10.2. The van der Waals surface area contributed by atoms with Gasteiger partial charge in [0.2, 0.25) is 0 Å². The molecule has 0 atom stereocenters. The van der Waals surface area contributed by atoms with E-state index >= 15 is 0 Å². The second-order valence-electron chi connectivity index (χ2n) is 3.73. The maximum absolute atomic E-state index is 10.6. The third-order valence-corrected chi connectivity index (χ3v) is 2.45. The Morgan fingerprint density at radius 3 is 3.00 bits per heavy atom. The molecule has 2 aromatic rings. The van der Waals surface area contributed by atoms with Crippen LogP contribution in [0.15, 0.2) is 22.9 Å². The lowest BCUT2D eigenvalue weighted by Crippen LogP contribution is -2.12. The van der Waals surface area contributed by atoms with Gasteiger partial charge in [0, 0.05) is 17.8 Å². The smallest absolute Gasteiger partial charge is 0.338 e. The van der Waals surface area contributed by atoms with Gasteiger partial charge < -0.3 is 14.8 Å². The number of carboxylic acids is 1. The van der Waals surface area contributed by atoms with E-state index < -0.39 is 5.97 Å². The van der Waals surface area contributed by atoms with Crippen LogP contribution in [0.2, 0.25) is 0 Å². The third kappa shape index (κ3) is 2.73. The first-order valence-electron chi connectivity index (χ1n) is 5.17. The molecule has 0 aliphatic heterocycles. The first-order chi connectivity index (χ1) is 8.16. The number of carboxylic acid groups (broad SMARTS) is 1. The van der Waals surface area contributed by atoms with E-state index in [2.05, 4.69) is 15.5 Å². The first-order valence-corrected chi connectivity index (χ1v) is 5.17. The Bertz CT molecular complexity index is 516. The van der Waals surface area contributed by atoms with Crippen molar-refractivity contribution in [1.29, 1.82) is 0 Å². The molecule has 0 aromatic carbocycles. The van der Waals surface area contributed by atoms with Crippen LogP contribution in [0.5, 0.6) is 0 Å². The Labute approximate surface area is 97.6 Å². The fourth-order valence-corrected chi connectivity index (χ4v) is 1.46. The predicted molar refractivity (Wildman–Crippen MR) is 59.5 cm³/mol. The fraction of sp³-hybridized carbons (Fsp3) is 0.273. The summed E-state index contributed by atoms with van der Waals surface area (Å²) in [5, 5.41) is 18.6. The Morgan fingerprint density at radius 2 is 2.41 bits per heavy atom. The van der Waals surface area contributed by atoms with Gasteiger partial charge in [0.25, 0.3) is 0 Å². The largest absolute Gasteiger partial charge is 0.478 e. The molecule has 0 aliphatic rings. The zero-order valence-electron chi connectivity index (χ0n) is 9.36. The number of H-pyrrole nitrogens is 1. The van der Waals surface area contributed by atoms with Crippen LogP contribution < -0.4 is 5.32 Å². The molecule has 2 heterocycles. The quantitative estimate of drug-likeness (QED) is 0.726. The molecule has 17 heavy (non-hydrogen) atoms. The summed E-state index contributed by atoms with van der Waals surface area (Å²) in [7, 11) is 0. The van der Waals surface area contributed by atoms with E-state index in [0.717, 1.165) is 11.3 Å². The number of hydrogen-bond donors (Lipinski definition) is 3. The number of aromatic nitrogens is 2. The number of aryl methyl sites for hydroxylation is 1. The van der Waals surface area contributed by atoms with Gasteiger partial charge in [-0.1, -0.05) is 0 Å². The first kappa shape index (κ1) is 11.4. The molecule has 6 nitrogen and oxygen atoms in total. The Kier molecular flexibility index (Phi) is 3.24. The number of nitrogens with one attached hydrogen (secondary N) is 2. The van der Waals surface area contributed by atoms with E-state index in [4.69, 9.17) is 9.52 Å².